The van der Waals surface area contributed by atoms with Crippen molar-refractivity contribution in [3.8, 4) is 11.3 Å². The first-order valence-electron chi connectivity index (χ1n) is 10.4. The topological polar surface area (TPSA) is 105 Å². The van der Waals surface area contributed by atoms with Crippen molar-refractivity contribution in [2.24, 2.45) is 0 Å². The third-order valence-electron chi connectivity index (χ3n) is 5.51. The molecular weight excluding hydrogens is 490 g/mol. The quantitative estimate of drug-likeness (QED) is 0.512. The lowest BCUT2D eigenvalue weighted by Crippen LogP contribution is -2.62. The Hall–Kier alpha value is -3.45. The molecule has 1 aliphatic heterocycles. The van der Waals surface area contributed by atoms with Gasteiger partial charge in [-0.25, -0.2) is 22.8 Å². The SMILES string of the molecule is CC1CC(C(=O)NCc2cc(-c3ccc(C(F)(F)F)nc3)ncn2)N1S(=O)(=O)c1ccc(F)cc1. The molecule has 184 valence electrons. The maximum atomic E-state index is 13.2. The molecule has 0 saturated carbocycles. The first-order chi connectivity index (χ1) is 16.5. The molecule has 0 aliphatic carbocycles. The van der Waals surface area contributed by atoms with Crippen molar-refractivity contribution in [1.82, 2.24) is 24.6 Å². The molecule has 2 atom stereocenters. The fraction of sp³-hybridized carbons (Fsp3) is 0.273. The highest BCUT2D eigenvalue weighted by Crippen LogP contribution is 2.33. The van der Waals surface area contributed by atoms with Crippen LogP contribution < -0.4 is 5.32 Å². The lowest BCUT2D eigenvalue weighted by molar-refractivity contribution is -0.141. The summed E-state index contributed by atoms with van der Waals surface area (Å²) in [6.07, 6.45) is -2.01. The zero-order valence-electron chi connectivity index (χ0n) is 18.2. The lowest BCUT2D eigenvalue weighted by Gasteiger charge is -2.44. The van der Waals surface area contributed by atoms with Crippen LogP contribution in [-0.2, 0) is 27.5 Å². The van der Waals surface area contributed by atoms with E-state index in [1.165, 1.54) is 18.5 Å². The van der Waals surface area contributed by atoms with Gasteiger partial charge in [-0.05, 0) is 55.8 Å². The van der Waals surface area contributed by atoms with Gasteiger partial charge in [0.1, 0.15) is 23.9 Å². The normalized spacial score (nSPS) is 18.7. The van der Waals surface area contributed by atoms with Crippen molar-refractivity contribution in [3.63, 3.8) is 0 Å². The highest BCUT2D eigenvalue weighted by Gasteiger charge is 2.48. The number of halogens is 4. The third-order valence-corrected chi connectivity index (χ3v) is 7.55. The number of rotatable bonds is 6. The second-order valence-corrected chi connectivity index (χ2v) is 9.77. The van der Waals surface area contributed by atoms with Crippen LogP contribution in [0.15, 0.2) is 59.9 Å². The van der Waals surface area contributed by atoms with E-state index in [1.807, 2.05) is 0 Å². The summed E-state index contributed by atoms with van der Waals surface area (Å²) in [6.45, 7) is 1.61. The summed E-state index contributed by atoms with van der Waals surface area (Å²) in [7, 11) is -4.01. The number of aromatic nitrogens is 3. The van der Waals surface area contributed by atoms with Crippen LogP contribution in [0, 0.1) is 5.82 Å². The highest BCUT2D eigenvalue weighted by atomic mass is 32.2. The van der Waals surface area contributed by atoms with Crippen molar-refractivity contribution in [1.29, 1.82) is 0 Å². The third kappa shape index (κ3) is 5.15. The predicted molar refractivity (Wildman–Crippen MR) is 115 cm³/mol. The summed E-state index contributed by atoms with van der Waals surface area (Å²) < 4.78 is 78.3. The van der Waals surface area contributed by atoms with Gasteiger partial charge < -0.3 is 5.32 Å². The molecule has 0 spiro atoms. The van der Waals surface area contributed by atoms with Crippen LogP contribution in [0.3, 0.4) is 0 Å². The number of sulfonamides is 1. The van der Waals surface area contributed by atoms with Gasteiger partial charge in [0.25, 0.3) is 0 Å². The van der Waals surface area contributed by atoms with Gasteiger partial charge in [0.05, 0.1) is 22.8 Å². The second-order valence-electron chi connectivity index (χ2n) is 7.93. The van der Waals surface area contributed by atoms with E-state index in [1.54, 1.807) is 6.92 Å². The number of amides is 1. The number of hydrogen-bond donors (Lipinski definition) is 1. The van der Waals surface area contributed by atoms with Crippen molar-refractivity contribution in [2.45, 2.75) is 43.0 Å². The van der Waals surface area contributed by atoms with E-state index < -0.39 is 45.7 Å². The molecule has 35 heavy (non-hydrogen) atoms. The fourth-order valence-electron chi connectivity index (χ4n) is 3.72. The first-order valence-corrected chi connectivity index (χ1v) is 11.8. The van der Waals surface area contributed by atoms with Crippen molar-refractivity contribution >= 4 is 15.9 Å². The van der Waals surface area contributed by atoms with E-state index in [2.05, 4.69) is 20.3 Å². The Morgan fingerprint density at radius 1 is 1.11 bits per heavy atom. The number of alkyl halides is 3. The lowest BCUT2D eigenvalue weighted by atomic mass is 9.98. The second kappa shape index (κ2) is 9.30. The molecule has 0 bridgehead atoms. The molecule has 13 heteroatoms. The summed E-state index contributed by atoms with van der Waals surface area (Å²) in [5.41, 5.74) is -0.0261. The molecule has 8 nitrogen and oxygen atoms in total. The molecule has 1 saturated heterocycles. The number of carbonyl (C=O) groups is 1. The Morgan fingerprint density at radius 3 is 2.43 bits per heavy atom. The molecule has 1 aliphatic rings. The zero-order valence-corrected chi connectivity index (χ0v) is 19.0. The zero-order chi connectivity index (χ0) is 25.4. The molecule has 2 aromatic heterocycles. The molecule has 3 heterocycles. The first kappa shape index (κ1) is 24.7. The van der Waals surface area contributed by atoms with Gasteiger partial charge >= 0.3 is 6.18 Å². The van der Waals surface area contributed by atoms with E-state index in [4.69, 9.17) is 0 Å². The van der Waals surface area contributed by atoms with Crippen LogP contribution in [0.4, 0.5) is 17.6 Å². The summed E-state index contributed by atoms with van der Waals surface area (Å²) in [4.78, 5) is 24.1. The van der Waals surface area contributed by atoms with E-state index in [-0.39, 0.29) is 11.4 Å². The van der Waals surface area contributed by atoms with Crippen LogP contribution in [0.1, 0.15) is 24.7 Å². The number of carbonyl (C=O) groups excluding carboxylic acids is 1. The molecule has 1 N–H and O–H groups in total. The highest BCUT2D eigenvalue weighted by molar-refractivity contribution is 7.89. The molecule has 4 rings (SSSR count). The Kier molecular flexibility index (Phi) is 6.56. The van der Waals surface area contributed by atoms with E-state index in [9.17, 15) is 30.8 Å². The molecule has 0 radical (unpaired) electrons. The van der Waals surface area contributed by atoms with Crippen molar-refractivity contribution < 1.29 is 30.8 Å². The minimum absolute atomic E-state index is 0.0578. The average molecular weight is 509 g/mol. The molecule has 1 fully saturated rings. The minimum Gasteiger partial charge on any atom is -0.349 e. The molecule has 2 unspecified atom stereocenters. The molecular formula is C22H19F4N5O3S. The Bertz CT molecular complexity index is 1330. The molecule has 1 amide bonds. The smallest absolute Gasteiger partial charge is 0.349 e. The summed E-state index contributed by atoms with van der Waals surface area (Å²) in [5, 5.41) is 2.63. The van der Waals surface area contributed by atoms with Gasteiger partial charge in [-0.3, -0.25) is 9.78 Å². The van der Waals surface area contributed by atoms with Crippen LogP contribution in [0.5, 0.6) is 0 Å². The van der Waals surface area contributed by atoms with E-state index in [0.717, 1.165) is 40.8 Å². The Balaban J connectivity index is 1.44. The largest absolute Gasteiger partial charge is 0.433 e. The maximum absolute atomic E-state index is 13.2. The molecule has 3 aromatic rings. The summed E-state index contributed by atoms with van der Waals surface area (Å²) >= 11 is 0. The Labute approximate surface area is 198 Å². The van der Waals surface area contributed by atoms with Gasteiger partial charge in [-0.15, -0.1) is 0 Å². The molecule has 1 aromatic carbocycles. The number of nitrogens with zero attached hydrogens (tertiary/aromatic N) is 4. The van der Waals surface area contributed by atoms with E-state index >= 15 is 0 Å². The van der Waals surface area contributed by atoms with Gasteiger partial charge in [0, 0.05) is 17.8 Å². The van der Waals surface area contributed by atoms with Gasteiger partial charge in [-0.2, -0.15) is 17.5 Å². The summed E-state index contributed by atoms with van der Waals surface area (Å²) in [5.74, 6) is -1.11. The van der Waals surface area contributed by atoms with Crippen LogP contribution >= 0.6 is 0 Å². The van der Waals surface area contributed by atoms with Crippen LogP contribution in [-0.4, -0.2) is 45.7 Å². The fourth-order valence-corrected chi connectivity index (χ4v) is 5.52. The minimum atomic E-state index is -4.56. The van der Waals surface area contributed by atoms with Crippen molar-refractivity contribution in [2.75, 3.05) is 0 Å². The maximum Gasteiger partial charge on any atom is 0.433 e. The average Bonchev–Trinajstić information content (AvgIpc) is 2.80. The van der Waals surface area contributed by atoms with E-state index in [0.29, 0.717) is 23.4 Å². The standard InChI is InChI=1S/C22H19F4N5O3S/c1-13-8-19(31(13)35(33,34)17-5-3-15(23)4-6-17)21(32)28-11-16-9-18(30-12-29-16)14-2-7-20(27-10-14)22(24,25)26/h2-7,9-10,12-13,19H,8,11H2,1H3,(H,28,32). The van der Waals surface area contributed by atoms with Crippen molar-refractivity contribution in [3.05, 3.63) is 72.2 Å². The van der Waals surface area contributed by atoms with Gasteiger partial charge in [-0.1, -0.05) is 0 Å². The van der Waals surface area contributed by atoms with Gasteiger partial charge in [0.15, 0.2) is 0 Å². The Morgan fingerprint density at radius 2 is 1.83 bits per heavy atom. The number of hydrogen-bond acceptors (Lipinski definition) is 6. The number of benzene rings is 1. The van der Waals surface area contributed by atoms with Crippen LogP contribution in [0.25, 0.3) is 11.3 Å². The van der Waals surface area contributed by atoms with Crippen LogP contribution in [0.2, 0.25) is 0 Å². The number of nitrogens with one attached hydrogen (secondary N) is 1. The number of pyridine rings is 1. The monoisotopic (exact) mass is 509 g/mol. The summed E-state index contributed by atoms with van der Waals surface area (Å²) in [6, 6.07) is 6.55. The predicted octanol–water partition coefficient (Wildman–Crippen LogP) is 3.16. The van der Waals surface area contributed by atoms with Gasteiger partial charge in [0.2, 0.25) is 15.9 Å².